The largest absolute Gasteiger partial charge is 0.455 e. The Morgan fingerprint density at radius 3 is 1.68 bits per heavy atom. The molecule has 0 saturated carbocycles. The van der Waals surface area contributed by atoms with E-state index in [0.29, 0.717) is 17.5 Å². The van der Waals surface area contributed by atoms with E-state index in [-0.39, 0.29) is 0 Å². The van der Waals surface area contributed by atoms with Crippen molar-refractivity contribution in [2.24, 2.45) is 0 Å². The molecular formula is C44H26N4OS. The van der Waals surface area contributed by atoms with E-state index in [4.69, 9.17) is 24.4 Å². The van der Waals surface area contributed by atoms with Gasteiger partial charge in [0.2, 0.25) is 0 Å². The fraction of sp³-hybridized carbons (Fsp3) is 0. The number of thiazole rings is 1. The highest BCUT2D eigenvalue weighted by atomic mass is 32.1. The molecule has 0 spiro atoms. The Kier molecular flexibility index (Phi) is 6.60. The molecule has 10 rings (SSSR count). The number of aromatic nitrogens is 4. The Balaban J connectivity index is 1.15. The van der Waals surface area contributed by atoms with Crippen molar-refractivity contribution < 1.29 is 4.42 Å². The number of furan rings is 1. The standard InChI is InChI=1S/C44H26N4OS/c1-4-12-28(13-5-1)41-46-42(29-14-6-2-7-15-29)48-43(47-41)32-23-21-27-20-22-31(24-33(27)25-32)35-26-37-39(45-44(50-37)30-16-8-3-9-17-30)38-34-18-10-11-19-36(34)49-40(35)38/h1-26H. The summed E-state index contributed by atoms with van der Waals surface area (Å²) in [5.74, 6) is 1.91. The lowest BCUT2D eigenvalue weighted by molar-refractivity contribution is 0.670. The Hall–Kier alpha value is -6.50. The van der Waals surface area contributed by atoms with Crippen LogP contribution >= 0.6 is 11.3 Å². The molecule has 0 radical (unpaired) electrons. The molecule has 0 bridgehead atoms. The fourth-order valence-electron chi connectivity index (χ4n) is 6.69. The lowest BCUT2D eigenvalue weighted by Crippen LogP contribution is -2.00. The predicted octanol–water partition coefficient (Wildman–Crippen LogP) is 11.9. The van der Waals surface area contributed by atoms with Gasteiger partial charge in [-0.3, -0.25) is 0 Å². The van der Waals surface area contributed by atoms with Gasteiger partial charge in [0.15, 0.2) is 17.5 Å². The van der Waals surface area contributed by atoms with Crippen LogP contribution in [0.25, 0.3) is 98.8 Å². The van der Waals surface area contributed by atoms with Crippen LogP contribution in [0.1, 0.15) is 0 Å². The van der Waals surface area contributed by atoms with E-state index in [1.165, 1.54) is 0 Å². The quantitative estimate of drug-likeness (QED) is 0.184. The minimum absolute atomic E-state index is 0.629. The summed E-state index contributed by atoms with van der Waals surface area (Å²) in [5, 5.41) is 5.33. The van der Waals surface area contributed by atoms with Crippen molar-refractivity contribution in [1.29, 1.82) is 0 Å². The SMILES string of the molecule is c1ccc(-c2nc(-c3ccccc3)nc(-c3ccc4ccc(-c5cc6sc(-c7ccccc7)nc6c6c5oc5ccccc56)cc4c3)n2)cc1. The molecule has 0 unspecified atom stereocenters. The minimum Gasteiger partial charge on any atom is -0.455 e. The van der Waals surface area contributed by atoms with Crippen molar-refractivity contribution in [1.82, 2.24) is 19.9 Å². The zero-order valence-electron chi connectivity index (χ0n) is 26.6. The van der Waals surface area contributed by atoms with Gasteiger partial charge in [0.25, 0.3) is 0 Å². The molecule has 3 heterocycles. The maximum Gasteiger partial charge on any atom is 0.164 e. The third kappa shape index (κ3) is 4.85. The van der Waals surface area contributed by atoms with Gasteiger partial charge in [-0.15, -0.1) is 11.3 Å². The third-order valence-electron chi connectivity index (χ3n) is 9.14. The molecule has 0 atom stereocenters. The Morgan fingerprint density at radius 2 is 1.00 bits per heavy atom. The third-order valence-corrected chi connectivity index (χ3v) is 10.2. The maximum atomic E-state index is 6.61. The minimum atomic E-state index is 0.629. The number of nitrogens with zero attached hydrogens (tertiary/aromatic N) is 4. The molecule has 0 aliphatic heterocycles. The summed E-state index contributed by atoms with van der Waals surface area (Å²) in [6, 6.07) is 54.0. The Morgan fingerprint density at radius 1 is 0.440 bits per heavy atom. The number of benzene rings is 7. The van der Waals surface area contributed by atoms with E-state index in [1.54, 1.807) is 11.3 Å². The van der Waals surface area contributed by atoms with E-state index in [1.807, 2.05) is 78.9 Å². The summed E-state index contributed by atoms with van der Waals surface area (Å²) < 4.78 is 7.74. The van der Waals surface area contributed by atoms with Gasteiger partial charge in [0.1, 0.15) is 16.2 Å². The van der Waals surface area contributed by atoms with Crippen molar-refractivity contribution in [2.75, 3.05) is 0 Å². The van der Waals surface area contributed by atoms with Crippen LogP contribution in [0, 0.1) is 0 Å². The van der Waals surface area contributed by atoms with Crippen LogP contribution in [-0.2, 0) is 0 Å². The molecule has 10 aromatic rings. The van der Waals surface area contributed by atoms with Crippen molar-refractivity contribution in [2.45, 2.75) is 0 Å². The van der Waals surface area contributed by atoms with Crippen molar-refractivity contribution >= 4 is 54.3 Å². The smallest absolute Gasteiger partial charge is 0.164 e. The Bertz CT molecular complexity index is 2810. The molecule has 0 saturated heterocycles. The van der Waals surface area contributed by atoms with Gasteiger partial charge in [-0.1, -0.05) is 133 Å². The van der Waals surface area contributed by atoms with Crippen LogP contribution < -0.4 is 0 Å². The molecule has 7 aromatic carbocycles. The molecule has 50 heavy (non-hydrogen) atoms. The van der Waals surface area contributed by atoms with Gasteiger partial charge in [-0.05, 0) is 40.6 Å². The molecule has 3 aromatic heterocycles. The number of hydrogen-bond acceptors (Lipinski definition) is 6. The number of rotatable bonds is 5. The van der Waals surface area contributed by atoms with E-state index >= 15 is 0 Å². The van der Waals surface area contributed by atoms with Crippen LogP contribution in [0.4, 0.5) is 0 Å². The molecule has 0 amide bonds. The van der Waals surface area contributed by atoms with Crippen molar-refractivity contribution in [3.63, 3.8) is 0 Å². The summed E-state index contributed by atoms with van der Waals surface area (Å²) in [6.45, 7) is 0. The van der Waals surface area contributed by atoms with Crippen LogP contribution in [0.5, 0.6) is 0 Å². The van der Waals surface area contributed by atoms with Gasteiger partial charge >= 0.3 is 0 Å². The molecule has 0 N–H and O–H groups in total. The average molecular weight is 659 g/mol. The predicted molar refractivity (Wildman–Crippen MR) is 205 cm³/mol. The topological polar surface area (TPSA) is 64.7 Å². The second-order valence-electron chi connectivity index (χ2n) is 12.3. The zero-order chi connectivity index (χ0) is 33.0. The number of para-hydroxylation sites is 1. The van der Waals surface area contributed by atoms with Crippen molar-refractivity contribution in [3.05, 3.63) is 158 Å². The average Bonchev–Trinajstić information content (AvgIpc) is 3.80. The van der Waals surface area contributed by atoms with E-state index < -0.39 is 0 Å². The van der Waals surface area contributed by atoms with Crippen LogP contribution in [-0.4, -0.2) is 19.9 Å². The summed E-state index contributed by atoms with van der Waals surface area (Å²) >= 11 is 1.71. The molecule has 0 fully saturated rings. The van der Waals surface area contributed by atoms with Crippen LogP contribution in [0.2, 0.25) is 0 Å². The molecule has 234 valence electrons. The van der Waals surface area contributed by atoms with Gasteiger partial charge in [-0.25, -0.2) is 19.9 Å². The summed E-state index contributed by atoms with van der Waals surface area (Å²) in [6.07, 6.45) is 0. The molecule has 5 nitrogen and oxygen atoms in total. The summed E-state index contributed by atoms with van der Waals surface area (Å²) in [7, 11) is 0. The highest BCUT2D eigenvalue weighted by Crippen LogP contribution is 2.44. The molecule has 6 heteroatoms. The first-order chi connectivity index (χ1) is 24.7. The second kappa shape index (κ2) is 11.6. The summed E-state index contributed by atoms with van der Waals surface area (Å²) in [5.41, 5.74) is 8.70. The first kappa shape index (κ1) is 28.5. The molecular weight excluding hydrogens is 633 g/mol. The lowest BCUT2D eigenvalue weighted by Gasteiger charge is -2.10. The highest BCUT2D eigenvalue weighted by Gasteiger charge is 2.20. The molecule has 0 aliphatic rings. The van der Waals surface area contributed by atoms with Crippen LogP contribution in [0.15, 0.2) is 162 Å². The number of fused-ring (bicyclic) bond motifs is 6. The number of hydrogen-bond donors (Lipinski definition) is 0. The maximum absolute atomic E-state index is 6.61. The second-order valence-corrected chi connectivity index (χ2v) is 13.3. The van der Waals surface area contributed by atoms with E-state index in [9.17, 15) is 0 Å². The van der Waals surface area contributed by atoms with Gasteiger partial charge in [0, 0.05) is 33.2 Å². The molecule has 0 aliphatic carbocycles. The fourth-order valence-corrected chi connectivity index (χ4v) is 7.71. The first-order valence-electron chi connectivity index (χ1n) is 16.5. The van der Waals surface area contributed by atoms with Crippen molar-refractivity contribution in [3.8, 4) is 55.9 Å². The normalized spacial score (nSPS) is 11.6. The first-order valence-corrected chi connectivity index (χ1v) is 17.3. The lowest BCUT2D eigenvalue weighted by atomic mass is 9.97. The van der Waals surface area contributed by atoms with E-state index in [2.05, 4.69) is 78.9 Å². The van der Waals surface area contributed by atoms with Crippen LogP contribution in [0.3, 0.4) is 0 Å². The van der Waals surface area contributed by atoms with E-state index in [0.717, 1.165) is 81.3 Å². The highest BCUT2D eigenvalue weighted by molar-refractivity contribution is 7.21. The van der Waals surface area contributed by atoms with Gasteiger partial charge in [-0.2, -0.15) is 0 Å². The summed E-state index contributed by atoms with van der Waals surface area (Å²) in [4.78, 5) is 20.0. The zero-order valence-corrected chi connectivity index (χ0v) is 27.4. The van der Waals surface area contributed by atoms with Gasteiger partial charge < -0.3 is 4.42 Å². The van der Waals surface area contributed by atoms with Gasteiger partial charge in [0.05, 0.1) is 15.6 Å². The monoisotopic (exact) mass is 658 g/mol. The Labute approximate surface area is 291 Å².